The molecular weight excluding hydrogens is 386 g/mol. The maximum absolute atomic E-state index is 12.8. The Morgan fingerprint density at radius 1 is 1.03 bits per heavy atom. The summed E-state index contributed by atoms with van der Waals surface area (Å²) in [6.45, 7) is 4.80. The van der Waals surface area contributed by atoms with Crippen LogP contribution < -0.4 is 10.1 Å². The van der Waals surface area contributed by atoms with Crippen LogP contribution in [0.5, 0.6) is 5.75 Å². The molecule has 0 saturated heterocycles. The Bertz CT molecular complexity index is 995. The maximum atomic E-state index is 12.8. The van der Waals surface area contributed by atoms with Crippen LogP contribution in [0.1, 0.15) is 53.8 Å². The van der Waals surface area contributed by atoms with Crippen molar-refractivity contribution in [2.24, 2.45) is 0 Å². The minimum Gasteiger partial charge on any atom is -0.494 e. The lowest BCUT2D eigenvalue weighted by Gasteiger charge is -2.09. The van der Waals surface area contributed by atoms with E-state index < -0.39 is 5.97 Å². The fourth-order valence-corrected chi connectivity index (χ4v) is 4.07. The number of thiophene rings is 1. The zero-order valence-corrected chi connectivity index (χ0v) is 17.5. The molecule has 0 radical (unpaired) electrons. The van der Waals surface area contributed by atoms with E-state index in [1.165, 1.54) is 11.3 Å². The number of hydrogen-bond acceptors (Lipinski definition) is 5. The van der Waals surface area contributed by atoms with E-state index in [4.69, 9.17) is 9.47 Å². The van der Waals surface area contributed by atoms with Crippen molar-refractivity contribution in [2.45, 2.75) is 33.1 Å². The molecule has 1 amide bonds. The number of nitrogens with one attached hydrogen (secondary N) is 1. The molecule has 3 aromatic rings. The molecule has 2 aromatic carbocycles. The summed E-state index contributed by atoms with van der Waals surface area (Å²) in [6.07, 6.45) is 3.23. The maximum Gasteiger partial charge on any atom is 0.341 e. The van der Waals surface area contributed by atoms with Crippen molar-refractivity contribution >= 4 is 38.3 Å². The molecule has 0 spiro atoms. The van der Waals surface area contributed by atoms with Crippen LogP contribution in [-0.2, 0) is 4.74 Å². The first-order valence-corrected chi connectivity index (χ1v) is 10.7. The number of benzene rings is 2. The summed E-state index contributed by atoms with van der Waals surface area (Å²) in [5.41, 5.74) is 0.873. The van der Waals surface area contributed by atoms with Crippen LogP contribution >= 0.6 is 11.3 Å². The van der Waals surface area contributed by atoms with E-state index in [1.54, 1.807) is 25.1 Å². The zero-order chi connectivity index (χ0) is 20.6. The quantitative estimate of drug-likeness (QED) is 0.352. The summed E-state index contributed by atoms with van der Waals surface area (Å²) in [7, 11) is 0. The Kier molecular flexibility index (Phi) is 7.25. The zero-order valence-electron chi connectivity index (χ0n) is 16.7. The van der Waals surface area contributed by atoms with Crippen LogP contribution in [-0.4, -0.2) is 25.1 Å². The molecule has 3 rings (SSSR count). The number of fused-ring (bicyclic) bond motifs is 1. The standard InChI is InChI=1S/C23H25NO4S/c1-3-5-8-14-28-17-11-9-10-16(15-17)21(25)24-22-20(23(26)27-4-2)18-12-6-7-13-19(18)29-22/h6-7,9-13,15H,3-5,8,14H2,1-2H3,(H,24,25). The molecule has 0 unspecified atom stereocenters. The smallest absolute Gasteiger partial charge is 0.341 e. The topological polar surface area (TPSA) is 64.6 Å². The number of amides is 1. The molecule has 1 N–H and O–H groups in total. The second-order valence-corrected chi connectivity index (χ2v) is 7.61. The van der Waals surface area contributed by atoms with Crippen LogP contribution in [0.15, 0.2) is 48.5 Å². The molecule has 152 valence electrons. The Balaban J connectivity index is 1.81. The summed E-state index contributed by atoms with van der Waals surface area (Å²) < 4.78 is 11.9. The minimum absolute atomic E-state index is 0.272. The van der Waals surface area contributed by atoms with Crippen molar-refractivity contribution in [3.05, 3.63) is 59.7 Å². The average molecular weight is 412 g/mol. The summed E-state index contributed by atoms with van der Waals surface area (Å²) in [6, 6.07) is 14.6. The highest BCUT2D eigenvalue weighted by Crippen LogP contribution is 2.36. The lowest BCUT2D eigenvalue weighted by atomic mass is 10.1. The van der Waals surface area contributed by atoms with E-state index in [1.807, 2.05) is 30.3 Å². The Labute approximate surface area is 174 Å². The van der Waals surface area contributed by atoms with Gasteiger partial charge in [0.05, 0.1) is 13.2 Å². The number of carbonyl (C=O) groups is 2. The van der Waals surface area contributed by atoms with Crippen LogP contribution in [0.2, 0.25) is 0 Å². The summed E-state index contributed by atoms with van der Waals surface area (Å²) in [5.74, 6) is -0.0647. The van der Waals surface area contributed by atoms with Crippen LogP contribution in [0.25, 0.3) is 10.1 Å². The van der Waals surface area contributed by atoms with Gasteiger partial charge in [0.15, 0.2) is 0 Å². The number of ether oxygens (including phenoxy) is 2. The molecule has 0 fully saturated rings. The first kappa shape index (κ1) is 20.9. The monoisotopic (exact) mass is 411 g/mol. The van der Waals surface area contributed by atoms with Crippen molar-refractivity contribution in [3.8, 4) is 5.75 Å². The van der Waals surface area contributed by atoms with E-state index in [2.05, 4.69) is 12.2 Å². The molecule has 29 heavy (non-hydrogen) atoms. The van der Waals surface area contributed by atoms with Gasteiger partial charge in [-0.1, -0.05) is 44.0 Å². The number of anilines is 1. The fourth-order valence-electron chi connectivity index (χ4n) is 2.98. The highest BCUT2D eigenvalue weighted by molar-refractivity contribution is 7.23. The number of rotatable bonds is 9. The van der Waals surface area contributed by atoms with Crippen molar-refractivity contribution < 1.29 is 19.1 Å². The van der Waals surface area contributed by atoms with Gasteiger partial charge < -0.3 is 14.8 Å². The van der Waals surface area contributed by atoms with Crippen LogP contribution in [0.4, 0.5) is 5.00 Å². The van der Waals surface area contributed by atoms with Crippen LogP contribution in [0.3, 0.4) is 0 Å². The van der Waals surface area contributed by atoms with Gasteiger partial charge in [-0.2, -0.15) is 0 Å². The Morgan fingerprint density at radius 3 is 2.66 bits per heavy atom. The van der Waals surface area contributed by atoms with Crippen molar-refractivity contribution in [1.82, 2.24) is 0 Å². The third kappa shape index (κ3) is 5.15. The molecule has 0 aliphatic rings. The number of hydrogen-bond donors (Lipinski definition) is 1. The number of unbranched alkanes of at least 4 members (excludes halogenated alkanes) is 2. The highest BCUT2D eigenvalue weighted by atomic mass is 32.1. The fraction of sp³-hybridized carbons (Fsp3) is 0.304. The van der Waals surface area contributed by atoms with Gasteiger partial charge >= 0.3 is 5.97 Å². The second kappa shape index (κ2) is 10.1. The molecule has 1 heterocycles. The second-order valence-electron chi connectivity index (χ2n) is 6.56. The van der Waals surface area contributed by atoms with Crippen LogP contribution in [0, 0.1) is 0 Å². The summed E-state index contributed by atoms with van der Waals surface area (Å²) in [5, 5.41) is 4.15. The number of carbonyl (C=O) groups excluding carboxylic acids is 2. The van der Waals surface area contributed by atoms with Crippen molar-refractivity contribution in [1.29, 1.82) is 0 Å². The average Bonchev–Trinajstić information content (AvgIpc) is 3.09. The van der Waals surface area contributed by atoms with Gasteiger partial charge in [-0.15, -0.1) is 11.3 Å². The third-order valence-electron chi connectivity index (χ3n) is 4.41. The molecule has 0 bridgehead atoms. The van der Waals surface area contributed by atoms with E-state index in [0.717, 1.165) is 29.3 Å². The summed E-state index contributed by atoms with van der Waals surface area (Å²) in [4.78, 5) is 25.3. The molecule has 5 nitrogen and oxygen atoms in total. The van der Waals surface area contributed by atoms with E-state index in [9.17, 15) is 9.59 Å². The molecule has 1 aromatic heterocycles. The largest absolute Gasteiger partial charge is 0.494 e. The van der Waals surface area contributed by atoms with Gasteiger partial charge in [0, 0.05) is 15.6 Å². The Morgan fingerprint density at radius 2 is 1.86 bits per heavy atom. The van der Waals surface area contributed by atoms with Gasteiger partial charge in [0.1, 0.15) is 16.3 Å². The van der Waals surface area contributed by atoms with E-state index in [-0.39, 0.29) is 12.5 Å². The van der Waals surface area contributed by atoms with Crippen molar-refractivity contribution in [2.75, 3.05) is 18.5 Å². The summed E-state index contributed by atoms with van der Waals surface area (Å²) >= 11 is 1.36. The lowest BCUT2D eigenvalue weighted by molar-refractivity contribution is 0.0530. The van der Waals surface area contributed by atoms with Gasteiger partial charge in [0.25, 0.3) is 5.91 Å². The molecule has 0 atom stereocenters. The molecular formula is C23H25NO4S. The SMILES string of the molecule is CCCCCOc1cccc(C(=O)Nc2sc3ccccc3c2C(=O)OCC)c1. The Hall–Kier alpha value is -2.86. The predicted octanol–water partition coefficient (Wildman–Crippen LogP) is 5.90. The van der Waals surface area contributed by atoms with Gasteiger partial charge in [-0.25, -0.2) is 4.79 Å². The molecule has 0 aliphatic carbocycles. The minimum atomic E-state index is -0.437. The van der Waals surface area contributed by atoms with Gasteiger partial charge in [-0.05, 0) is 37.6 Å². The molecule has 0 aliphatic heterocycles. The normalized spacial score (nSPS) is 10.7. The molecule has 0 saturated carbocycles. The molecule has 6 heteroatoms. The highest BCUT2D eigenvalue weighted by Gasteiger charge is 2.22. The predicted molar refractivity (Wildman–Crippen MR) is 117 cm³/mol. The van der Waals surface area contributed by atoms with E-state index in [0.29, 0.717) is 28.5 Å². The van der Waals surface area contributed by atoms with Gasteiger partial charge in [-0.3, -0.25) is 4.79 Å². The number of esters is 1. The van der Waals surface area contributed by atoms with Gasteiger partial charge in [0.2, 0.25) is 0 Å². The first-order chi connectivity index (χ1) is 14.1. The van der Waals surface area contributed by atoms with E-state index >= 15 is 0 Å². The van der Waals surface area contributed by atoms with Crippen molar-refractivity contribution in [3.63, 3.8) is 0 Å². The first-order valence-electron chi connectivity index (χ1n) is 9.87. The lowest BCUT2D eigenvalue weighted by Crippen LogP contribution is -2.14. The third-order valence-corrected chi connectivity index (χ3v) is 5.50.